The summed E-state index contributed by atoms with van der Waals surface area (Å²) in [6, 6.07) is 38.9. The fourth-order valence-electron chi connectivity index (χ4n) is 13.7. The second-order valence-corrected chi connectivity index (χ2v) is 28.2. The minimum Gasteiger partial charge on any atom is -0.456 e. The average molecular weight is 1040 g/mol. The molecule has 1 atom stereocenters. The summed E-state index contributed by atoms with van der Waals surface area (Å²) < 4.78 is 6.41. The van der Waals surface area contributed by atoms with E-state index in [4.69, 9.17) is 11.0 Å². The summed E-state index contributed by atoms with van der Waals surface area (Å²) in [5.41, 5.74) is 23.4. The van der Waals surface area contributed by atoms with Gasteiger partial charge in [-0.2, -0.15) is 0 Å². The number of para-hydroxylation sites is 1. The topological polar surface area (TPSA) is 31.6 Å². The molecule has 0 radical (unpaired) electrons. The number of rotatable bonds is 14. The highest BCUT2D eigenvalue weighted by atomic mass is 16.3. The van der Waals surface area contributed by atoms with Crippen LogP contribution in [0.5, 0.6) is 0 Å². The largest absolute Gasteiger partial charge is 0.456 e. The quantitative estimate of drug-likeness (QED) is 0.0870. The van der Waals surface area contributed by atoms with E-state index in [1.165, 1.54) is 61.2 Å². The van der Waals surface area contributed by atoms with Crippen molar-refractivity contribution in [1.29, 1.82) is 0 Å². The second kappa shape index (κ2) is 20.6. The number of hydrogen-bond acceptors (Lipinski definition) is 4. The molecule has 1 heterocycles. The number of benzene rings is 5. The zero-order chi connectivity index (χ0) is 55.6. The summed E-state index contributed by atoms with van der Waals surface area (Å²) in [6.07, 6.45) is 27.7. The summed E-state index contributed by atoms with van der Waals surface area (Å²) in [4.78, 5) is 5.01. The van der Waals surface area contributed by atoms with Gasteiger partial charge in [0.15, 0.2) is 7.28 Å². The normalized spacial score (nSPS) is 20.3. The summed E-state index contributed by atoms with van der Waals surface area (Å²) in [6.45, 7) is 35.6. The van der Waals surface area contributed by atoms with Crippen LogP contribution in [0, 0.1) is 21.7 Å². The predicted octanol–water partition coefficient (Wildman–Crippen LogP) is 18.1. The first-order chi connectivity index (χ1) is 37.4. The fraction of sp³-hybridized carbons (Fsp3) is 0.351. The van der Waals surface area contributed by atoms with Gasteiger partial charge in [0.2, 0.25) is 0 Å². The predicted molar refractivity (Wildman–Crippen MR) is 341 cm³/mol. The van der Waals surface area contributed by atoms with Crippen LogP contribution in [0.1, 0.15) is 140 Å². The summed E-state index contributed by atoms with van der Waals surface area (Å²) in [7, 11) is 0.790. The molecule has 0 aliphatic heterocycles. The molecule has 5 heteroatoms. The molecule has 404 valence electrons. The van der Waals surface area contributed by atoms with Crippen molar-refractivity contribution in [3.8, 4) is 0 Å². The van der Waals surface area contributed by atoms with Crippen LogP contribution in [0.15, 0.2) is 198 Å². The first-order valence-electron chi connectivity index (χ1n) is 29.3. The molecule has 1 aromatic heterocycles. The van der Waals surface area contributed by atoms with Crippen LogP contribution in [0.25, 0.3) is 16.5 Å². The number of nitrogens with zero attached hydrogens (tertiary/aromatic N) is 2. The zero-order valence-electron chi connectivity index (χ0n) is 49.4. The van der Waals surface area contributed by atoms with Gasteiger partial charge in [-0.3, -0.25) is 0 Å². The van der Waals surface area contributed by atoms with Crippen LogP contribution in [0.4, 0.5) is 22.7 Å². The maximum absolute atomic E-state index is 6.41. The maximum atomic E-state index is 6.41. The van der Waals surface area contributed by atoms with E-state index in [2.05, 4.69) is 244 Å². The first-order valence-corrected chi connectivity index (χ1v) is 29.3. The Kier molecular flexibility index (Phi) is 14.1. The Labute approximate surface area is 474 Å². The van der Waals surface area contributed by atoms with Gasteiger partial charge in [-0.05, 0) is 196 Å². The van der Waals surface area contributed by atoms with Gasteiger partial charge in [0.25, 0.3) is 0 Å². The smallest absolute Gasteiger partial charge is 0.185 e. The van der Waals surface area contributed by atoms with Gasteiger partial charge in [0.1, 0.15) is 11.3 Å². The van der Waals surface area contributed by atoms with Crippen molar-refractivity contribution in [2.45, 2.75) is 145 Å². The third-order valence-electron chi connectivity index (χ3n) is 17.4. The maximum Gasteiger partial charge on any atom is 0.185 e. The lowest BCUT2D eigenvalue weighted by Gasteiger charge is -2.35. The van der Waals surface area contributed by atoms with Gasteiger partial charge in [0.05, 0.1) is 6.04 Å². The monoisotopic (exact) mass is 1040 g/mol. The van der Waals surface area contributed by atoms with E-state index in [0.717, 1.165) is 116 Å². The van der Waals surface area contributed by atoms with Crippen molar-refractivity contribution in [2.75, 3.05) is 15.1 Å². The van der Waals surface area contributed by atoms with Gasteiger partial charge in [-0.15, -0.1) is 5.98 Å². The van der Waals surface area contributed by atoms with E-state index in [9.17, 15) is 0 Å². The highest BCUT2D eigenvalue weighted by Crippen LogP contribution is 2.46. The van der Waals surface area contributed by atoms with E-state index in [0.29, 0.717) is 0 Å². The third-order valence-corrected chi connectivity index (χ3v) is 17.4. The summed E-state index contributed by atoms with van der Waals surface area (Å²) >= 11 is 0. The van der Waals surface area contributed by atoms with Crippen LogP contribution >= 0.6 is 0 Å². The van der Waals surface area contributed by atoms with Crippen LogP contribution in [-0.2, 0) is 43.9 Å². The molecule has 4 nitrogen and oxygen atoms in total. The van der Waals surface area contributed by atoms with Crippen LogP contribution in [0.3, 0.4) is 0 Å². The molecule has 1 saturated carbocycles. The van der Waals surface area contributed by atoms with Crippen LogP contribution in [-0.4, -0.2) is 13.3 Å². The molecule has 1 unspecified atom stereocenters. The zero-order valence-corrected chi connectivity index (χ0v) is 49.4. The standard InChI is InChI=1S/C74H84BN3O/c1-49-41-71(6,7)42-53(49)18-16-33-75-66-38-58-47-74(12,13)48-59(58)39-67(66)78(64-29-23-55-44-73(10,11)46-57(55)37-64)65(32-34-76-61-26-20-54-43-72(8,9)45-56(54)36-61)35-50(2)77(63-30-24-60(25-31-63)70(3,4)5)62-27-21-51(22-28-62)69-40-52-17-14-15-19-68(52)79-69/h14-27,29-40,62,75-76H,1-2,28,41-48H2,3-13H3/b33-16+,34-32+,53-18-,65-35+. The molecule has 0 spiro atoms. The van der Waals surface area contributed by atoms with Crippen LogP contribution in [0.2, 0.25) is 0 Å². The lowest BCUT2D eigenvalue weighted by atomic mass is 9.68. The second-order valence-electron chi connectivity index (χ2n) is 28.2. The summed E-state index contributed by atoms with van der Waals surface area (Å²) in [5.74, 6) is 3.27. The third kappa shape index (κ3) is 11.8. The Balaban J connectivity index is 1.06. The molecule has 6 aromatic rings. The SMILES string of the molecule is C=C1CC(C)(C)C/C1=C/C=C/Bc1cc2c(cc1N(C(/C=C/Nc1ccc3c(c1)CC(C)(C)C3)=C/C(=C)N(c1ccc(C(C)(C)C)cc1)C1C=CC(c3cc4ccccc4o3)=CC1)c1ccc3c(c1)CC(C)(C)C3)CC(C)(C)C2. The first kappa shape index (κ1) is 54.0. The molecule has 79 heavy (non-hydrogen) atoms. The van der Waals surface area contributed by atoms with Gasteiger partial charge in [-0.1, -0.05) is 179 Å². The van der Waals surface area contributed by atoms with E-state index >= 15 is 0 Å². The van der Waals surface area contributed by atoms with E-state index in [1.807, 2.05) is 12.1 Å². The number of hydrogen-bond donors (Lipinski definition) is 1. The molecule has 11 rings (SSSR count). The highest BCUT2D eigenvalue weighted by molar-refractivity contribution is 6.60. The lowest BCUT2D eigenvalue weighted by molar-refractivity contribution is 0.392. The molecule has 5 aromatic carbocycles. The number of furan rings is 1. The van der Waals surface area contributed by atoms with E-state index in [1.54, 1.807) is 0 Å². The van der Waals surface area contributed by atoms with Crippen molar-refractivity contribution in [3.05, 3.63) is 238 Å². The molecule has 1 fully saturated rings. The van der Waals surface area contributed by atoms with E-state index in [-0.39, 0.29) is 33.1 Å². The number of fused-ring (bicyclic) bond motifs is 4. The van der Waals surface area contributed by atoms with Crippen molar-refractivity contribution in [3.63, 3.8) is 0 Å². The molecule has 5 aliphatic rings. The Morgan fingerprint density at radius 1 is 0.684 bits per heavy atom. The molecule has 0 amide bonds. The lowest BCUT2D eigenvalue weighted by Crippen LogP contribution is -2.34. The van der Waals surface area contributed by atoms with Crippen molar-refractivity contribution < 1.29 is 4.42 Å². The molecule has 5 aliphatic carbocycles. The number of allylic oxidation sites excluding steroid dienone is 8. The number of anilines is 4. The van der Waals surface area contributed by atoms with Gasteiger partial charge >= 0.3 is 0 Å². The fourth-order valence-corrected chi connectivity index (χ4v) is 13.7. The molecule has 0 bridgehead atoms. The Bertz CT molecular complexity index is 3540. The Morgan fingerprint density at radius 3 is 1.95 bits per heavy atom. The highest BCUT2D eigenvalue weighted by Gasteiger charge is 2.34. The molecule has 1 N–H and O–H groups in total. The molecular weight excluding hydrogens is 958 g/mol. The summed E-state index contributed by atoms with van der Waals surface area (Å²) in [5, 5.41) is 4.91. The minimum atomic E-state index is -0.00868. The van der Waals surface area contributed by atoms with Crippen LogP contribution < -0.4 is 20.6 Å². The Morgan fingerprint density at radius 2 is 1.30 bits per heavy atom. The van der Waals surface area contributed by atoms with Crippen molar-refractivity contribution in [2.24, 2.45) is 21.7 Å². The Hall–Kier alpha value is -6.98. The van der Waals surface area contributed by atoms with Gasteiger partial charge in [-0.25, -0.2) is 0 Å². The average Bonchev–Trinajstić information content (AvgIpc) is 4.31. The van der Waals surface area contributed by atoms with Crippen molar-refractivity contribution >= 4 is 52.0 Å². The van der Waals surface area contributed by atoms with E-state index < -0.39 is 0 Å². The molecular formula is C74H84BN3O. The minimum absolute atomic E-state index is 0.00868. The van der Waals surface area contributed by atoms with Crippen molar-refractivity contribution in [1.82, 2.24) is 0 Å². The van der Waals surface area contributed by atoms with Gasteiger partial charge in [0, 0.05) is 51.3 Å². The molecule has 0 saturated heterocycles. The van der Waals surface area contributed by atoms with Gasteiger partial charge < -0.3 is 19.5 Å². The number of nitrogens with one attached hydrogen (secondary N) is 1.